The van der Waals surface area contributed by atoms with Crippen molar-refractivity contribution in [3.63, 3.8) is 0 Å². The van der Waals surface area contributed by atoms with E-state index >= 15 is 0 Å². The lowest BCUT2D eigenvalue weighted by atomic mass is 10.1. The number of likely N-dealkylation sites (tertiary alicyclic amines) is 1. The molecule has 3 rings (SSSR count). The molecule has 0 saturated carbocycles. The molecule has 144 valence electrons. The number of halogens is 1. The first kappa shape index (κ1) is 19.4. The highest BCUT2D eigenvalue weighted by Crippen LogP contribution is 2.22. The number of benzene rings is 1. The van der Waals surface area contributed by atoms with Crippen molar-refractivity contribution < 1.29 is 14.0 Å². The average molecular weight is 390 g/mol. The second-order valence-electron chi connectivity index (χ2n) is 6.71. The van der Waals surface area contributed by atoms with E-state index in [2.05, 4.69) is 22.4 Å². The summed E-state index contributed by atoms with van der Waals surface area (Å²) in [6.45, 7) is 3.03. The standard InChI is InChI=1S/C19H23FN4O2S/c1-2-3-4-16-22-23-19(27-16)21-18(26)14-11-17(25)24(12-14)10-9-13-5-7-15(20)8-6-13/h5-8,14H,2-4,9-12H2,1H3,(H,21,23,26)/t14-/m1/s1. The van der Waals surface area contributed by atoms with Gasteiger partial charge in [-0.1, -0.05) is 36.8 Å². The lowest BCUT2D eigenvalue weighted by Crippen LogP contribution is -2.30. The summed E-state index contributed by atoms with van der Waals surface area (Å²) >= 11 is 1.39. The van der Waals surface area contributed by atoms with Crippen molar-refractivity contribution >= 4 is 28.3 Å². The number of anilines is 1. The Morgan fingerprint density at radius 2 is 2.07 bits per heavy atom. The van der Waals surface area contributed by atoms with Crippen LogP contribution in [0.15, 0.2) is 24.3 Å². The molecular weight excluding hydrogens is 367 g/mol. The van der Waals surface area contributed by atoms with Gasteiger partial charge >= 0.3 is 0 Å². The summed E-state index contributed by atoms with van der Waals surface area (Å²) in [6, 6.07) is 6.25. The number of hydrogen-bond donors (Lipinski definition) is 1. The van der Waals surface area contributed by atoms with E-state index in [0.717, 1.165) is 29.8 Å². The molecule has 0 aliphatic carbocycles. The van der Waals surface area contributed by atoms with Gasteiger partial charge in [-0.3, -0.25) is 9.59 Å². The molecule has 27 heavy (non-hydrogen) atoms. The van der Waals surface area contributed by atoms with E-state index < -0.39 is 0 Å². The first-order valence-corrected chi connectivity index (χ1v) is 10.0. The Morgan fingerprint density at radius 3 is 2.81 bits per heavy atom. The Morgan fingerprint density at radius 1 is 1.30 bits per heavy atom. The van der Waals surface area contributed by atoms with Crippen LogP contribution in [-0.4, -0.2) is 40.0 Å². The molecule has 0 spiro atoms. The largest absolute Gasteiger partial charge is 0.342 e. The maximum Gasteiger partial charge on any atom is 0.231 e. The van der Waals surface area contributed by atoms with E-state index in [1.165, 1.54) is 23.5 Å². The van der Waals surface area contributed by atoms with Gasteiger partial charge in [0.15, 0.2) is 0 Å². The fraction of sp³-hybridized carbons (Fsp3) is 0.474. The number of rotatable bonds is 8. The minimum absolute atomic E-state index is 0.0295. The van der Waals surface area contributed by atoms with Crippen molar-refractivity contribution in [3.8, 4) is 0 Å². The van der Waals surface area contributed by atoms with Crippen LogP contribution in [0, 0.1) is 11.7 Å². The molecule has 2 amide bonds. The summed E-state index contributed by atoms with van der Waals surface area (Å²) in [7, 11) is 0. The number of carbonyl (C=O) groups is 2. The molecule has 1 N–H and O–H groups in total. The molecule has 0 unspecified atom stereocenters. The van der Waals surface area contributed by atoms with Crippen LogP contribution in [0.3, 0.4) is 0 Å². The van der Waals surface area contributed by atoms with Crippen LogP contribution in [-0.2, 0) is 22.4 Å². The molecule has 2 heterocycles. The van der Waals surface area contributed by atoms with Gasteiger partial charge in [-0.2, -0.15) is 0 Å². The van der Waals surface area contributed by atoms with Gasteiger partial charge in [0.2, 0.25) is 16.9 Å². The first-order valence-electron chi connectivity index (χ1n) is 9.20. The monoisotopic (exact) mass is 390 g/mol. The van der Waals surface area contributed by atoms with Crippen LogP contribution in [0.2, 0.25) is 0 Å². The second-order valence-corrected chi connectivity index (χ2v) is 7.77. The van der Waals surface area contributed by atoms with E-state index in [1.807, 2.05) is 0 Å². The molecule has 0 bridgehead atoms. The Hall–Kier alpha value is -2.35. The molecule has 0 radical (unpaired) electrons. The molecule has 1 aliphatic rings. The van der Waals surface area contributed by atoms with Crippen LogP contribution < -0.4 is 5.32 Å². The molecule has 6 nitrogen and oxygen atoms in total. The molecule has 1 saturated heterocycles. The van der Waals surface area contributed by atoms with E-state index in [9.17, 15) is 14.0 Å². The van der Waals surface area contributed by atoms with Gasteiger partial charge in [0.1, 0.15) is 10.8 Å². The molecule has 2 aromatic rings. The topological polar surface area (TPSA) is 75.2 Å². The predicted octanol–water partition coefficient (Wildman–Crippen LogP) is 3.05. The van der Waals surface area contributed by atoms with Gasteiger partial charge in [-0.25, -0.2) is 4.39 Å². The van der Waals surface area contributed by atoms with Gasteiger partial charge in [0.05, 0.1) is 5.92 Å². The Bertz CT molecular complexity index is 793. The van der Waals surface area contributed by atoms with Crippen LogP contribution in [0.5, 0.6) is 0 Å². The predicted molar refractivity (Wildman–Crippen MR) is 102 cm³/mol. The van der Waals surface area contributed by atoms with Crippen molar-refractivity contribution in [2.75, 3.05) is 18.4 Å². The molecule has 1 atom stereocenters. The van der Waals surface area contributed by atoms with Crippen molar-refractivity contribution in [1.29, 1.82) is 0 Å². The van der Waals surface area contributed by atoms with Crippen LogP contribution in [0.4, 0.5) is 9.52 Å². The Labute approximate surface area is 161 Å². The van der Waals surface area contributed by atoms with Crippen molar-refractivity contribution in [2.24, 2.45) is 5.92 Å². The van der Waals surface area contributed by atoms with Crippen LogP contribution in [0.1, 0.15) is 36.8 Å². The minimum atomic E-state index is -0.381. The number of hydrogen-bond acceptors (Lipinski definition) is 5. The van der Waals surface area contributed by atoms with Gasteiger partial charge < -0.3 is 10.2 Å². The average Bonchev–Trinajstić information content (AvgIpc) is 3.26. The molecule has 1 fully saturated rings. The zero-order valence-corrected chi connectivity index (χ0v) is 16.1. The zero-order chi connectivity index (χ0) is 19.2. The van der Waals surface area contributed by atoms with Crippen molar-refractivity contribution in [1.82, 2.24) is 15.1 Å². The number of unbranched alkanes of at least 4 members (excludes halogenated alkanes) is 1. The van der Waals surface area contributed by atoms with E-state index in [4.69, 9.17) is 0 Å². The van der Waals surface area contributed by atoms with E-state index in [0.29, 0.717) is 24.6 Å². The maximum absolute atomic E-state index is 13.0. The molecule has 8 heteroatoms. The lowest BCUT2D eigenvalue weighted by molar-refractivity contribution is -0.128. The zero-order valence-electron chi connectivity index (χ0n) is 15.3. The first-order chi connectivity index (χ1) is 13.0. The van der Waals surface area contributed by atoms with Gasteiger partial charge in [0, 0.05) is 25.9 Å². The highest BCUT2D eigenvalue weighted by atomic mass is 32.1. The summed E-state index contributed by atoms with van der Waals surface area (Å²) in [5.41, 5.74) is 0.963. The summed E-state index contributed by atoms with van der Waals surface area (Å²) < 4.78 is 13.0. The molecule has 1 aliphatic heterocycles. The summed E-state index contributed by atoms with van der Waals surface area (Å²) in [6.07, 6.45) is 3.83. The fourth-order valence-electron chi connectivity index (χ4n) is 3.02. The number of carbonyl (C=O) groups excluding carboxylic acids is 2. The third kappa shape index (κ3) is 5.32. The van der Waals surface area contributed by atoms with E-state index in [1.54, 1.807) is 17.0 Å². The third-order valence-electron chi connectivity index (χ3n) is 4.61. The summed E-state index contributed by atoms with van der Waals surface area (Å²) in [5, 5.41) is 12.3. The van der Waals surface area contributed by atoms with Crippen molar-refractivity contribution in [3.05, 3.63) is 40.7 Å². The van der Waals surface area contributed by atoms with Gasteiger partial charge in [0.25, 0.3) is 0 Å². The number of nitrogens with one attached hydrogen (secondary N) is 1. The quantitative estimate of drug-likeness (QED) is 0.752. The van der Waals surface area contributed by atoms with E-state index in [-0.39, 0.29) is 30.0 Å². The fourth-order valence-corrected chi connectivity index (χ4v) is 3.80. The lowest BCUT2D eigenvalue weighted by Gasteiger charge is -2.16. The smallest absolute Gasteiger partial charge is 0.231 e. The normalized spacial score (nSPS) is 16.7. The maximum atomic E-state index is 13.0. The third-order valence-corrected chi connectivity index (χ3v) is 5.51. The van der Waals surface area contributed by atoms with Crippen molar-refractivity contribution in [2.45, 2.75) is 39.0 Å². The molecule has 1 aromatic carbocycles. The molecule has 1 aromatic heterocycles. The van der Waals surface area contributed by atoms with Crippen LogP contribution >= 0.6 is 11.3 Å². The van der Waals surface area contributed by atoms with Gasteiger partial charge in [-0.15, -0.1) is 10.2 Å². The molecular formula is C19H23FN4O2S. The summed E-state index contributed by atoms with van der Waals surface area (Å²) in [4.78, 5) is 26.3. The Kier molecular flexibility index (Phi) is 6.49. The summed E-state index contributed by atoms with van der Waals surface area (Å²) in [5.74, 6) is -0.875. The number of amides is 2. The second kappa shape index (κ2) is 9.03. The highest BCUT2D eigenvalue weighted by molar-refractivity contribution is 7.15. The highest BCUT2D eigenvalue weighted by Gasteiger charge is 2.34. The minimum Gasteiger partial charge on any atom is -0.342 e. The SMILES string of the molecule is CCCCc1nnc(NC(=O)[C@@H]2CC(=O)N(CCc3ccc(F)cc3)C2)s1. The number of nitrogens with zero attached hydrogens (tertiary/aromatic N) is 3. The number of aryl methyl sites for hydroxylation is 1. The van der Waals surface area contributed by atoms with Gasteiger partial charge in [-0.05, 0) is 30.5 Å². The number of aromatic nitrogens is 2. The van der Waals surface area contributed by atoms with Crippen LogP contribution in [0.25, 0.3) is 0 Å². The Balaban J connectivity index is 1.49.